The third-order valence-electron chi connectivity index (χ3n) is 2.68. The van der Waals surface area contributed by atoms with Gasteiger partial charge in [-0.1, -0.05) is 18.3 Å². The van der Waals surface area contributed by atoms with Crippen LogP contribution < -0.4 is 16.4 Å². The van der Waals surface area contributed by atoms with Crippen LogP contribution in [0.15, 0.2) is 0 Å². The van der Waals surface area contributed by atoms with Gasteiger partial charge in [0.05, 0.1) is 12.7 Å². The number of ether oxygens (including phenoxy) is 1. The van der Waals surface area contributed by atoms with E-state index in [1.807, 2.05) is 6.92 Å². The first kappa shape index (κ1) is 16.7. The number of rotatable bonds is 9. The average Bonchev–Trinajstić information content (AvgIpc) is 2.80. The van der Waals surface area contributed by atoms with E-state index < -0.39 is 0 Å². The number of aliphatic hydroxyl groups excluding tert-OH is 1. The van der Waals surface area contributed by atoms with Gasteiger partial charge in [-0.15, -0.1) is 0 Å². The first-order valence-corrected chi connectivity index (χ1v) is 7.35. The van der Waals surface area contributed by atoms with Crippen molar-refractivity contribution in [1.82, 2.24) is 10.3 Å². The Morgan fingerprint density at radius 2 is 2.30 bits per heavy atom. The van der Waals surface area contributed by atoms with Gasteiger partial charge in [0, 0.05) is 20.2 Å². The van der Waals surface area contributed by atoms with Gasteiger partial charge < -0.3 is 26.2 Å². The normalized spacial score (nSPS) is 12.2. The molecule has 8 heteroatoms. The van der Waals surface area contributed by atoms with Crippen LogP contribution in [0.5, 0.6) is 0 Å². The Hall–Kier alpha value is -1.38. The topological polar surface area (TPSA) is 110 Å². The van der Waals surface area contributed by atoms with Crippen molar-refractivity contribution in [2.75, 3.05) is 37.9 Å². The molecule has 1 aromatic heterocycles. The van der Waals surface area contributed by atoms with Crippen molar-refractivity contribution in [3.8, 4) is 0 Å². The van der Waals surface area contributed by atoms with Gasteiger partial charge in [-0.3, -0.25) is 4.79 Å². The number of hydrogen-bond acceptors (Lipinski definition) is 7. The van der Waals surface area contributed by atoms with Gasteiger partial charge in [-0.05, 0) is 12.8 Å². The summed E-state index contributed by atoms with van der Waals surface area (Å²) in [4.78, 5) is 16.4. The zero-order chi connectivity index (χ0) is 15.0. The molecule has 1 heterocycles. The SMILES string of the molecule is CCC(O)CCNC(=O)c1sc(NCCOC)nc1N. The molecular formula is C12H22N4O3S. The molecule has 0 aromatic carbocycles. The van der Waals surface area contributed by atoms with Gasteiger partial charge in [0.15, 0.2) is 5.13 Å². The summed E-state index contributed by atoms with van der Waals surface area (Å²) in [6.45, 7) is 3.46. The molecule has 0 saturated carbocycles. The number of carbonyl (C=O) groups is 1. The van der Waals surface area contributed by atoms with Crippen molar-refractivity contribution in [2.45, 2.75) is 25.9 Å². The lowest BCUT2D eigenvalue weighted by atomic mass is 10.2. The van der Waals surface area contributed by atoms with Gasteiger partial charge in [-0.25, -0.2) is 4.98 Å². The number of nitrogens with zero attached hydrogens (tertiary/aromatic N) is 1. The first-order chi connectivity index (χ1) is 9.58. The minimum absolute atomic E-state index is 0.212. The van der Waals surface area contributed by atoms with Crippen LogP contribution in [-0.2, 0) is 4.74 Å². The number of nitrogens with one attached hydrogen (secondary N) is 2. The molecule has 0 aliphatic rings. The van der Waals surface area contributed by atoms with Crippen molar-refractivity contribution < 1.29 is 14.6 Å². The number of nitrogen functional groups attached to an aromatic ring is 1. The molecule has 1 unspecified atom stereocenters. The Kier molecular flexibility index (Phi) is 7.27. The number of thiazole rings is 1. The minimum atomic E-state index is -0.389. The second-order valence-corrected chi connectivity index (χ2v) is 5.26. The van der Waals surface area contributed by atoms with Crippen LogP contribution in [0.3, 0.4) is 0 Å². The Labute approximate surface area is 122 Å². The number of aromatic nitrogens is 1. The molecule has 1 amide bonds. The number of aliphatic hydroxyl groups is 1. The van der Waals surface area contributed by atoms with Gasteiger partial charge >= 0.3 is 0 Å². The van der Waals surface area contributed by atoms with E-state index in [1.54, 1.807) is 7.11 Å². The number of nitrogens with two attached hydrogens (primary N) is 1. The molecule has 0 spiro atoms. The molecule has 5 N–H and O–H groups in total. The van der Waals surface area contributed by atoms with E-state index in [1.165, 1.54) is 11.3 Å². The quantitative estimate of drug-likeness (QED) is 0.499. The molecule has 0 fully saturated rings. The Morgan fingerprint density at radius 3 is 2.95 bits per heavy atom. The highest BCUT2D eigenvalue weighted by Crippen LogP contribution is 2.24. The van der Waals surface area contributed by atoms with E-state index in [0.717, 1.165) is 0 Å². The molecule has 0 aliphatic heterocycles. The summed E-state index contributed by atoms with van der Waals surface area (Å²) < 4.78 is 4.91. The maximum absolute atomic E-state index is 11.9. The molecule has 1 aromatic rings. The van der Waals surface area contributed by atoms with Crippen LogP contribution in [0.4, 0.5) is 10.9 Å². The Balaban J connectivity index is 2.47. The summed E-state index contributed by atoms with van der Waals surface area (Å²) >= 11 is 1.21. The zero-order valence-electron chi connectivity index (χ0n) is 11.8. The molecule has 0 radical (unpaired) electrons. The highest BCUT2D eigenvalue weighted by atomic mass is 32.1. The predicted molar refractivity (Wildman–Crippen MR) is 80.1 cm³/mol. The van der Waals surface area contributed by atoms with E-state index in [9.17, 15) is 9.90 Å². The fraction of sp³-hybridized carbons (Fsp3) is 0.667. The lowest BCUT2D eigenvalue weighted by Crippen LogP contribution is -2.26. The van der Waals surface area contributed by atoms with Crippen LogP contribution in [0.1, 0.15) is 29.4 Å². The number of carbonyl (C=O) groups excluding carboxylic acids is 1. The van der Waals surface area contributed by atoms with E-state index in [0.29, 0.717) is 42.5 Å². The van der Waals surface area contributed by atoms with Crippen LogP contribution in [0, 0.1) is 0 Å². The standard InChI is InChI=1S/C12H22N4O3S/c1-3-8(17)4-5-14-11(18)9-10(13)16-12(20-9)15-6-7-19-2/h8,17H,3-7,13H2,1-2H3,(H,14,18)(H,15,16). The van der Waals surface area contributed by atoms with E-state index >= 15 is 0 Å². The predicted octanol–water partition coefficient (Wildman–Crippen LogP) is 0.674. The van der Waals surface area contributed by atoms with Gasteiger partial charge in [0.25, 0.3) is 5.91 Å². The minimum Gasteiger partial charge on any atom is -0.393 e. The third-order valence-corrected chi connectivity index (χ3v) is 3.70. The number of amides is 1. The average molecular weight is 302 g/mol. The molecular weight excluding hydrogens is 280 g/mol. The first-order valence-electron chi connectivity index (χ1n) is 6.53. The summed E-state index contributed by atoms with van der Waals surface area (Å²) in [5.41, 5.74) is 5.72. The van der Waals surface area contributed by atoms with Gasteiger partial charge in [0.2, 0.25) is 0 Å². The highest BCUT2D eigenvalue weighted by Gasteiger charge is 2.16. The summed E-state index contributed by atoms with van der Waals surface area (Å²) in [5, 5.41) is 15.8. The Bertz CT molecular complexity index is 425. The van der Waals surface area contributed by atoms with Crippen molar-refractivity contribution in [2.24, 2.45) is 0 Å². The maximum atomic E-state index is 11.9. The second-order valence-electron chi connectivity index (χ2n) is 4.26. The highest BCUT2D eigenvalue weighted by molar-refractivity contribution is 7.18. The molecule has 1 rings (SSSR count). The molecule has 0 aliphatic carbocycles. The summed E-state index contributed by atoms with van der Waals surface area (Å²) in [6, 6.07) is 0. The largest absolute Gasteiger partial charge is 0.393 e. The number of methoxy groups -OCH3 is 1. The summed E-state index contributed by atoms with van der Waals surface area (Å²) in [5.74, 6) is -0.0495. The van der Waals surface area contributed by atoms with Crippen LogP contribution >= 0.6 is 11.3 Å². The molecule has 0 saturated heterocycles. The maximum Gasteiger partial charge on any atom is 0.265 e. The van der Waals surface area contributed by atoms with Crippen molar-refractivity contribution >= 4 is 28.2 Å². The fourth-order valence-electron chi connectivity index (χ4n) is 1.47. The van der Waals surface area contributed by atoms with Gasteiger partial charge in [-0.2, -0.15) is 0 Å². The van der Waals surface area contributed by atoms with Crippen LogP contribution in [0.2, 0.25) is 0 Å². The number of hydrogen-bond donors (Lipinski definition) is 4. The van der Waals surface area contributed by atoms with Crippen molar-refractivity contribution in [1.29, 1.82) is 0 Å². The summed E-state index contributed by atoms with van der Waals surface area (Å²) in [6.07, 6.45) is 0.812. The number of anilines is 2. The Morgan fingerprint density at radius 1 is 1.55 bits per heavy atom. The van der Waals surface area contributed by atoms with E-state index in [4.69, 9.17) is 10.5 Å². The van der Waals surface area contributed by atoms with Crippen molar-refractivity contribution in [3.05, 3.63) is 4.88 Å². The molecule has 0 bridgehead atoms. The molecule has 1 atom stereocenters. The lowest BCUT2D eigenvalue weighted by Gasteiger charge is -2.07. The van der Waals surface area contributed by atoms with E-state index in [-0.39, 0.29) is 17.8 Å². The smallest absolute Gasteiger partial charge is 0.265 e. The molecule has 114 valence electrons. The fourth-order valence-corrected chi connectivity index (χ4v) is 2.29. The summed E-state index contributed by atoms with van der Waals surface area (Å²) in [7, 11) is 1.61. The molecule has 20 heavy (non-hydrogen) atoms. The zero-order valence-corrected chi connectivity index (χ0v) is 12.6. The van der Waals surface area contributed by atoms with E-state index in [2.05, 4.69) is 15.6 Å². The molecule has 7 nitrogen and oxygen atoms in total. The van der Waals surface area contributed by atoms with Crippen LogP contribution in [-0.4, -0.2) is 48.9 Å². The second kappa shape index (κ2) is 8.72. The monoisotopic (exact) mass is 302 g/mol. The van der Waals surface area contributed by atoms with Crippen molar-refractivity contribution in [3.63, 3.8) is 0 Å². The van der Waals surface area contributed by atoms with Crippen LogP contribution in [0.25, 0.3) is 0 Å². The van der Waals surface area contributed by atoms with Gasteiger partial charge in [0.1, 0.15) is 10.7 Å². The lowest BCUT2D eigenvalue weighted by molar-refractivity contribution is 0.0946. The third kappa shape index (κ3) is 5.32.